The molecule has 12 heteroatoms. The number of nitrogens with one attached hydrogen (secondary N) is 1. The Morgan fingerprint density at radius 1 is 1.14 bits per heavy atom. The highest BCUT2D eigenvalue weighted by molar-refractivity contribution is 7.93. The second-order valence-electron chi connectivity index (χ2n) is 8.79. The molecule has 36 heavy (non-hydrogen) atoms. The summed E-state index contributed by atoms with van der Waals surface area (Å²) in [5.74, 6) is 1.16. The molecule has 0 spiro atoms. The van der Waals surface area contributed by atoms with Gasteiger partial charge in [0.05, 0.1) is 58.4 Å². The van der Waals surface area contributed by atoms with Crippen LogP contribution in [0, 0.1) is 5.82 Å². The highest BCUT2D eigenvalue weighted by Crippen LogP contribution is 2.38. The van der Waals surface area contributed by atoms with Gasteiger partial charge < -0.3 is 29.7 Å². The van der Waals surface area contributed by atoms with Crippen LogP contribution in [0.5, 0.6) is 11.5 Å². The highest BCUT2D eigenvalue weighted by atomic mass is 32.2. The lowest BCUT2D eigenvalue weighted by molar-refractivity contribution is 0.0736. The molecule has 3 aromatic rings. The number of aromatic nitrogens is 2. The minimum Gasteiger partial charge on any atom is -0.496 e. The maximum absolute atomic E-state index is 14.0. The molecule has 2 aromatic carbocycles. The molecule has 2 fully saturated rings. The second kappa shape index (κ2) is 10.1. The number of anilines is 2. The Morgan fingerprint density at radius 3 is 2.67 bits per heavy atom. The van der Waals surface area contributed by atoms with Crippen LogP contribution in [0.4, 0.5) is 21.6 Å². The number of halogens is 1. The molecule has 1 aromatic heterocycles. The summed E-state index contributed by atoms with van der Waals surface area (Å²) in [6.07, 6.45) is 0.388. The predicted molar refractivity (Wildman–Crippen MR) is 132 cm³/mol. The summed E-state index contributed by atoms with van der Waals surface area (Å²) in [6.45, 7) is 0.340. The van der Waals surface area contributed by atoms with Gasteiger partial charge in [0.1, 0.15) is 35.6 Å². The van der Waals surface area contributed by atoms with Crippen LogP contribution in [0.3, 0.4) is 0 Å². The standard InChI is InChI=1S/C24H27FN4O6S/c1-33-21-10-15(29-36(32)6-4-16(30)5-7-36)9-18-23(21)24(27-13-26-18)28-17-3-2-14(25)8-20(17)35-22-12-34-11-19(22)31/h2-3,8-10,13,16,19,22,30-31H,4-7,11-12H2,1H3,(H,26,27,28)/t16?,19-,22+,36?/m1/s1. The van der Waals surface area contributed by atoms with Crippen molar-refractivity contribution in [3.8, 4) is 11.5 Å². The number of hydrogen-bond acceptors (Lipinski definition) is 10. The van der Waals surface area contributed by atoms with Crippen molar-refractivity contribution in [3.63, 3.8) is 0 Å². The fourth-order valence-corrected chi connectivity index (χ4v) is 6.40. The summed E-state index contributed by atoms with van der Waals surface area (Å²) in [6, 6.07) is 7.40. The average molecular weight is 519 g/mol. The molecule has 2 aliphatic heterocycles. The lowest BCUT2D eigenvalue weighted by Gasteiger charge is -2.20. The van der Waals surface area contributed by atoms with Crippen molar-refractivity contribution >= 4 is 37.8 Å². The quantitative estimate of drug-likeness (QED) is 0.450. The lowest BCUT2D eigenvalue weighted by Crippen LogP contribution is -2.30. The SMILES string of the molecule is COc1cc(N=S2(=O)CCC(O)CC2)cc2ncnc(Nc3ccc(F)cc3O[C@H]3COC[C@H]3O)c12. The first-order valence-electron chi connectivity index (χ1n) is 11.6. The van der Waals surface area contributed by atoms with Crippen molar-refractivity contribution in [1.82, 2.24) is 9.97 Å². The van der Waals surface area contributed by atoms with Gasteiger partial charge in [0.25, 0.3) is 0 Å². The van der Waals surface area contributed by atoms with Crippen molar-refractivity contribution in [1.29, 1.82) is 0 Å². The van der Waals surface area contributed by atoms with E-state index in [0.29, 0.717) is 58.2 Å². The van der Waals surface area contributed by atoms with Crippen molar-refractivity contribution in [3.05, 3.63) is 42.5 Å². The van der Waals surface area contributed by atoms with Crippen molar-refractivity contribution in [2.75, 3.05) is 37.1 Å². The van der Waals surface area contributed by atoms with Gasteiger partial charge in [0, 0.05) is 23.6 Å². The number of ether oxygens (including phenoxy) is 3. The zero-order valence-electron chi connectivity index (χ0n) is 19.6. The van der Waals surface area contributed by atoms with Crippen LogP contribution in [-0.4, -0.2) is 74.5 Å². The van der Waals surface area contributed by atoms with Gasteiger partial charge in [-0.1, -0.05) is 0 Å². The van der Waals surface area contributed by atoms with Gasteiger partial charge in [-0.3, -0.25) is 0 Å². The predicted octanol–water partition coefficient (Wildman–Crippen LogP) is 2.91. The Morgan fingerprint density at radius 2 is 1.94 bits per heavy atom. The van der Waals surface area contributed by atoms with E-state index in [2.05, 4.69) is 19.6 Å². The molecule has 3 N–H and O–H groups in total. The number of aliphatic hydroxyl groups is 2. The van der Waals surface area contributed by atoms with E-state index in [9.17, 15) is 18.8 Å². The molecular formula is C24H27FN4O6S. The maximum atomic E-state index is 14.0. The largest absolute Gasteiger partial charge is 0.496 e. The van der Waals surface area contributed by atoms with E-state index < -0.39 is 33.9 Å². The van der Waals surface area contributed by atoms with Gasteiger partial charge in [-0.25, -0.2) is 18.6 Å². The molecule has 5 rings (SSSR count). The van der Waals surface area contributed by atoms with Crippen LogP contribution >= 0.6 is 0 Å². The molecule has 2 saturated heterocycles. The molecule has 0 aliphatic carbocycles. The number of aliphatic hydroxyl groups excluding tert-OH is 2. The van der Waals surface area contributed by atoms with Crippen LogP contribution in [-0.2, 0) is 14.5 Å². The van der Waals surface area contributed by atoms with Gasteiger partial charge >= 0.3 is 0 Å². The van der Waals surface area contributed by atoms with Crippen LogP contribution in [0.25, 0.3) is 10.9 Å². The van der Waals surface area contributed by atoms with Gasteiger partial charge in [-0.05, 0) is 31.0 Å². The summed E-state index contributed by atoms with van der Waals surface area (Å²) in [5.41, 5.74) is 1.40. The topological polar surface area (TPSA) is 135 Å². The number of benzene rings is 2. The van der Waals surface area contributed by atoms with Crippen molar-refractivity contribution in [2.24, 2.45) is 4.36 Å². The van der Waals surface area contributed by atoms with Gasteiger partial charge in [-0.15, -0.1) is 0 Å². The Hall–Kier alpha value is -3.06. The van der Waals surface area contributed by atoms with Crippen LogP contribution < -0.4 is 14.8 Å². The fourth-order valence-electron chi connectivity index (χ4n) is 4.24. The van der Waals surface area contributed by atoms with Crippen molar-refractivity contribution < 1.29 is 33.0 Å². The zero-order valence-corrected chi connectivity index (χ0v) is 20.4. The number of hydrogen-bond donors (Lipinski definition) is 3. The van der Waals surface area contributed by atoms with E-state index >= 15 is 0 Å². The molecule has 2 atom stereocenters. The molecular weight excluding hydrogens is 491 g/mol. The molecule has 0 bridgehead atoms. The monoisotopic (exact) mass is 518 g/mol. The minimum atomic E-state index is -2.49. The number of fused-ring (bicyclic) bond motifs is 1. The number of rotatable bonds is 6. The smallest absolute Gasteiger partial charge is 0.150 e. The first-order valence-corrected chi connectivity index (χ1v) is 13.4. The third-order valence-electron chi connectivity index (χ3n) is 6.19. The van der Waals surface area contributed by atoms with E-state index in [-0.39, 0.29) is 19.0 Å². The molecule has 3 heterocycles. The Balaban J connectivity index is 1.51. The molecule has 0 unspecified atom stereocenters. The van der Waals surface area contributed by atoms with E-state index in [1.165, 1.54) is 31.6 Å². The molecule has 0 amide bonds. The first-order chi connectivity index (χ1) is 17.3. The Kier molecular flexibility index (Phi) is 6.93. The van der Waals surface area contributed by atoms with Gasteiger partial charge in [-0.2, -0.15) is 4.36 Å². The van der Waals surface area contributed by atoms with E-state index in [1.54, 1.807) is 12.1 Å². The van der Waals surface area contributed by atoms with Gasteiger partial charge in [0.2, 0.25) is 0 Å². The molecule has 10 nitrogen and oxygen atoms in total. The molecule has 2 aliphatic rings. The number of nitrogens with zero attached hydrogens (tertiary/aromatic N) is 3. The van der Waals surface area contributed by atoms with Gasteiger partial charge in [0.15, 0.2) is 6.10 Å². The lowest BCUT2D eigenvalue weighted by atomic mass is 10.2. The van der Waals surface area contributed by atoms with E-state index in [0.717, 1.165) is 0 Å². The number of methoxy groups -OCH3 is 1. The van der Waals surface area contributed by atoms with E-state index in [1.807, 2.05) is 0 Å². The summed E-state index contributed by atoms with van der Waals surface area (Å²) in [7, 11) is -0.987. The summed E-state index contributed by atoms with van der Waals surface area (Å²) >= 11 is 0. The molecule has 192 valence electrons. The van der Waals surface area contributed by atoms with E-state index in [4.69, 9.17) is 14.2 Å². The molecule has 0 radical (unpaired) electrons. The van der Waals surface area contributed by atoms with Crippen LogP contribution in [0.2, 0.25) is 0 Å². The minimum absolute atomic E-state index is 0.150. The summed E-state index contributed by atoms with van der Waals surface area (Å²) < 4.78 is 48.4. The molecule has 0 saturated carbocycles. The Bertz CT molecular complexity index is 1380. The third-order valence-corrected chi connectivity index (χ3v) is 8.48. The van der Waals surface area contributed by atoms with Crippen LogP contribution in [0.1, 0.15) is 12.8 Å². The summed E-state index contributed by atoms with van der Waals surface area (Å²) in [5, 5.41) is 23.5. The second-order valence-corrected chi connectivity index (χ2v) is 11.3. The summed E-state index contributed by atoms with van der Waals surface area (Å²) in [4.78, 5) is 8.69. The first kappa shape index (κ1) is 24.6. The normalized spacial score (nSPS) is 26.1. The Labute approximate surface area is 207 Å². The fraction of sp³-hybridized carbons (Fsp3) is 0.417. The zero-order chi connectivity index (χ0) is 25.3. The third kappa shape index (κ3) is 5.21. The average Bonchev–Trinajstić information content (AvgIpc) is 3.26. The maximum Gasteiger partial charge on any atom is 0.150 e. The highest BCUT2D eigenvalue weighted by Gasteiger charge is 2.29. The van der Waals surface area contributed by atoms with Crippen molar-refractivity contribution in [2.45, 2.75) is 31.2 Å². The van der Waals surface area contributed by atoms with Crippen LogP contribution in [0.15, 0.2) is 41.0 Å².